The third-order valence-electron chi connectivity index (χ3n) is 3.59. The van der Waals surface area contributed by atoms with E-state index in [9.17, 15) is 4.79 Å². The van der Waals surface area contributed by atoms with E-state index in [1.165, 1.54) is 6.42 Å². The summed E-state index contributed by atoms with van der Waals surface area (Å²) in [6.45, 7) is 15.4. The second-order valence-electron chi connectivity index (χ2n) is 7.33. The molecule has 0 spiro atoms. The number of pyridine rings is 1. The molecule has 0 unspecified atom stereocenters. The number of unbranched alkanes of at least 4 members (excludes halogenated alkanes) is 1. The van der Waals surface area contributed by atoms with Crippen molar-refractivity contribution in [2.45, 2.75) is 72.9 Å². The van der Waals surface area contributed by atoms with E-state index in [4.69, 9.17) is 0 Å². The summed E-state index contributed by atoms with van der Waals surface area (Å²) in [6.07, 6.45) is 2.33. The lowest BCUT2D eigenvalue weighted by Crippen LogP contribution is -2.34. The van der Waals surface area contributed by atoms with Crippen LogP contribution in [-0.4, -0.2) is 11.1 Å². The Kier molecular flexibility index (Phi) is 6.66. The van der Waals surface area contributed by atoms with Crippen LogP contribution >= 0.6 is 0 Å². The first-order valence-corrected chi connectivity index (χ1v) is 8.21. The quantitative estimate of drug-likeness (QED) is 0.778. The lowest BCUT2D eigenvalue weighted by atomic mass is 9.90. The van der Waals surface area contributed by atoms with Gasteiger partial charge < -0.3 is 9.88 Å². The summed E-state index contributed by atoms with van der Waals surface area (Å²) < 4.78 is 1.97. The molecule has 0 aliphatic rings. The van der Waals surface area contributed by atoms with Crippen molar-refractivity contribution >= 4 is 0 Å². The molecule has 0 radical (unpaired) electrons. The Morgan fingerprint density at radius 1 is 1.24 bits per heavy atom. The van der Waals surface area contributed by atoms with Gasteiger partial charge in [-0.05, 0) is 24.9 Å². The number of hydrogen-bond donors (Lipinski definition) is 1. The average molecular weight is 292 g/mol. The Bertz CT molecular complexity index is 495. The molecule has 1 aromatic rings. The fourth-order valence-electron chi connectivity index (χ4n) is 2.48. The van der Waals surface area contributed by atoms with Crippen LogP contribution in [-0.2, 0) is 18.5 Å². The van der Waals surface area contributed by atoms with Crippen molar-refractivity contribution in [1.82, 2.24) is 9.88 Å². The molecule has 1 rings (SSSR count). The molecule has 0 saturated carbocycles. The molecule has 1 aromatic heterocycles. The topological polar surface area (TPSA) is 34.0 Å². The molecule has 3 heteroatoms. The largest absolute Gasteiger partial charge is 0.312 e. The van der Waals surface area contributed by atoms with Crippen LogP contribution in [0.4, 0.5) is 0 Å². The molecule has 0 saturated heterocycles. The molecular weight excluding hydrogens is 260 g/mol. The zero-order valence-electron chi connectivity index (χ0n) is 14.6. The summed E-state index contributed by atoms with van der Waals surface area (Å²) >= 11 is 0. The molecule has 0 atom stereocenters. The van der Waals surface area contributed by atoms with Crippen LogP contribution in [0.5, 0.6) is 0 Å². The smallest absolute Gasteiger partial charge is 0.255 e. The Labute approximate surface area is 129 Å². The molecule has 0 aromatic carbocycles. The van der Waals surface area contributed by atoms with Gasteiger partial charge in [-0.2, -0.15) is 0 Å². The minimum atomic E-state index is -0.0117. The van der Waals surface area contributed by atoms with Gasteiger partial charge in [0.1, 0.15) is 0 Å². The standard InChI is InChI=1S/C18H32N2O/c1-7-8-11-19-12-15-9-10-16(18(4,5)6)20(17(15)21)13-14(2)3/h9-10,14,19H,7-8,11-13H2,1-6H3. The summed E-state index contributed by atoms with van der Waals surface area (Å²) in [6, 6.07) is 4.12. The highest BCUT2D eigenvalue weighted by Crippen LogP contribution is 2.22. The van der Waals surface area contributed by atoms with Crippen LogP contribution in [0.2, 0.25) is 0 Å². The van der Waals surface area contributed by atoms with Gasteiger partial charge in [-0.1, -0.05) is 54.0 Å². The summed E-state index contributed by atoms with van der Waals surface area (Å²) in [5.41, 5.74) is 2.15. The minimum Gasteiger partial charge on any atom is -0.312 e. The SMILES string of the molecule is CCCCNCc1ccc(C(C)(C)C)n(CC(C)C)c1=O. The molecule has 0 amide bonds. The highest BCUT2D eigenvalue weighted by molar-refractivity contribution is 5.21. The second kappa shape index (κ2) is 7.79. The molecule has 120 valence electrons. The molecule has 21 heavy (non-hydrogen) atoms. The van der Waals surface area contributed by atoms with Gasteiger partial charge in [0, 0.05) is 29.8 Å². The Hall–Kier alpha value is -1.09. The Morgan fingerprint density at radius 2 is 1.90 bits per heavy atom. The summed E-state index contributed by atoms with van der Waals surface area (Å²) in [7, 11) is 0. The van der Waals surface area contributed by atoms with Gasteiger partial charge >= 0.3 is 0 Å². The second-order valence-corrected chi connectivity index (χ2v) is 7.33. The summed E-state index contributed by atoms with van der Waals surface area (Å²) in [5.74, 6) is 0.465. The van der Waals surface area contributed by atoms with Gasteiger partial charge in [0.2, 0.25) is 0 Å². The van der Waals surface area contributed by atoms with Crippen molar-refractivity contribution < 1.29 is 0 Å². The number of nitrogens with one attached hydrogen (secondary N) is 1. The van der Waals surface area contributed by atoms with Gasteiger partial charge in [-0.3, -0.25) is 4.79 Å². The highest BCUT2D eigenvalue weighted by Gasteiger charge is 2.20. The van der Waals surface area contributed by atoms with E-state index in [-0.39, 0.29) is 11.0 Å². The summed E-state index contributed by atoms with van der Waals surface area (Å²) in [5, 5.41) is 3.37. The van der Waals surface area contributed by atoms with Crippen LogP contribution in [0.1, 0.15) is 65.6 Å². The number of rotatable bonds is 7. The van der Waals surface area contributed by atoms with Crippen LogP contribution in [0, 0.1) is 5.92 Å². The van der Waals surface area contributed by atoms with E-state index in [0.29, 0.717) is 12.5 Å². The monoisotopic (exact) mass is 292 g/mol. The molecular formula is C18H32N2O. The lowest BCUT2D eigenvalue weighted by molar-refractivity contribution is 0.444. The van der Waals surface area contributed by atoms with Crippen LogP contribution in [0.3, 0.4) is 0 Å². The molecule has 1 heterocycles. The van der Waals surface area contributed by atoms with Gasteiger partial charge in [0.25, 0.3) is 5.56 Å². The maximum atomic E-state index is 12.8. The lowest BCUT2D eigenvalue weighted by Gasteiger charge is -2.26. The van der Waals surface area contributed by atoms with Crippen LogP contribution in [0.25, 0.3) is 0 Å². The Morgan fingerprint density at radius 3 is 2.43 bits per heavy atom. The van der Waals surface area contributed by atoms with E-state index < -0.39 is 0 Å². The van der Waals surface area contributed by atoms with E-state index in [1.54, 1.807) is 0 Å². The van der Waals surface area contributed by atoms with E-state index >= 15 is 0 Å². The normalized spacial score (nSPS) is 12.1. The fraction of sp³-hybridized carbons (Fsp3) is 0.722. The minimum absolute atomic E-state index is 0.0117. The third-order valence-corrected chi connectivity index (χ3v) is 3.59. The molecule has 0 fully saturated rings. The van der Waals surface area contributed by atoms with Crippen molar-refractivity contribution in [3.63, 3.8) is 0 Å². The van der Waals surface area contributed by atoms with Gasteiger partial charge in [0.05, 0.1) is 0 Å². The first-order valence-electron chi connectivity index (χ1n) is 8.21. The molecule has 0 aliphatic heterocycles. The summed E-state index contributed by atoms with van der Waals surface area (Å²) in [4.78, 5) is 12.8. The number of nitrogens with zero attached hydrogens (tertiary/aromatic N) is 1. The molecule has 1 N–H and O–H groups in total. The van der Waals surface area contributed by atoms with E-state index in [2.05, 4.69) is 52.9 Å². The third kappa shape index (κ3) is 5.31. The Balaban J connectivity index is 3.06. The van der Waals surface area contributed by atoms with Crippen molar-refractivity contribution in [2.24, 2.45) is 5.92 Å². The van der Waals surface area contributed by atoms with Crippen molar-refractivity contribution in [3.8, 4) is 0 Å². The van der Waals surface area contributed by atoms with Gasteiger partial charge in [0.15, 0.2) is 0 Å². The van der Waals surface area contributed by atoms with Crippen LogP contribution in [0.15, 0.2) is 16.9 Å². The zero-order chi connectivity index (χ0) is 16.0. The maximum absolute atomic E-state index is 12.8. The van der Waals surface area contributed by atoms with E-state index in [1.807, 2.05) is 10.6 Å². The van der Waals surface area contributed by atoms with Gasteiger partial charge in [-0.15, -0.1) is 0 Å². The van der Waals surface area contributed by atoms with Crippen LogP contribution < -0.4 is 10.9 Å². The first kappa shape index (κ1) is 18.0. The fourth-order valence-corrected chi connectivity index (χ4v) is 2.48. The molecule has 0 aliphatic carbocycles. The molecule has 3 nitrogen and oxygen atoms in total. The van der Waals surface area contributed by atoms with Gasteiger partial charge in [-0.25, -0.2) is 0 Å². The van der Waals surface area contributed by atoms with Crippen molar-refractivity contribution in [3.05, 3.63) is 33.7 Å². The first-order chi connectivity index (χ1) is 9.77. The highest BCUT2D eigenvalue weighted by atomic mass is 16.1. The van der Waals surface area contributed by atoms with Crippen molar-refractivity contribution in [1.29, 1.82) is 0 Å². The number of aromatic nitrogens is 1. The molecule has 0 bridgehead atoms. The zero-order valence-corrected chi connectivity index (χ0v) is 14.6. The average Bonchev–Trinajstić information content (AvgIpc) is 2.36. The maximum Gasteiger partial charge on any atom is 0.255 e. The predicted molar refractivity (Wildman–Crippen MR) is 90.9 cm³/mol. The predicted octanol–water partition coefficient (Wildman–Crippen LogP) is 3.69. The van der Waals surface area contributed by atoms with E-state index in [0.717, 1.165) is 30.8 Å². The number of hydrogen-bond acceptors (Lipinski definition) is 2. The van der Waals surface area contributed by atoms with Crippen molar-refractivity contribution in [2.75, 3.05) is 6.54 Å².